The van der Waals surface area contributed by atoms with Crippen LogP contribution in [0.5, 0.6) is 5.75 Å². The first-order chi connectivity index (χ1) is 14.5. The van der Waals surface area contributed by atoms with E-state index in [9.17, 15) is 14.7 Å². The Labute approximate surface area is 176 Å². The van der Waals surface area contributed by atoms with Gasteiger partial charge in [-0.25, -0.2) is 0 Å². The van der Waals surface area contributed by atoms with Gasteiger partial charge in [0.1, 0.15) is 11.5 Å². The molecule has 6 nitrogen and oxygen atoms in total. The number of likely N-dealkylation sites (N-methyl/N-ethyl adjacent to an activating group) is 1. The highest BCUT2D eigenvalue weighted by Crippen LogP contribution is 2.40. The van der Waals surface area contributed by atoms with Crippen molar-refractivity contribution in [2.45, 2.75) is 18.9 Å². The van der Waals surface area contributed by atoms with Crippen LogP contribution < -0.4 is 4.74 Å². The second-order valence-electron chi connectivity index (χ2n) is 7.98. The molecule has 1 atom stereocenters. The van der Waals surface area contributed by atoms with Gasteiger partial charge in [0.05, 0.1) is 18.2 Å². The summed E-state index contributed by atoms with van der Waals surface area (Å²) in [7, 11) is 3.84. The first-order valence-electron chi connectivity index (χ1n) is 10.2. The normalized spacial score (nSPS) is 20.4. The molecular weight excluding hydrogens is 380 g/mol. The monoisotopic (exact) mass is 406 g/mol. The van der Waals surface area contributed by atoms with E-state index in [0.717, 1.165) is 29.7 Å². The fraction of sp³-hybridized carbons (Fsp3) is 0.333. The Hall–Kier alpha value is -3.12. The summed E-state index contributed by atoms with van der Waals surface area (Å²) >= 11 is 0. The number of hydrogen-bond donors (Lipinski definition) is 1. The molecule has 1 unspecified atom stereocenters. The number of carbonyl (C=O) groups is 2. The number of hydrogen-bond acceptors (Lipinski definition) is 5. The number of nitrogens with zero attached hydrogens (tertiary/aromatic N) is 2. The van der Waals surface area contributed by atoms with E-state index in [-0.39, 0.29) is 11.3 Å². The van der Waals surface area contributed by atoms with Crippen LogP contribution in [-0.2, 0) is 16.0 Å². The van der Waals surface area contributed by atoms with Crippen LogP contribution in [-0.4, -0.2) is 60.4 Å². The van der Waals surface area contributed by atoms with Crippen LogP contribution in [0.15, 0.2) is 54.1 Å². The van der Waals surface area contributed by atoms with Crippen molar-refractivity contribution < 1.29 is 19.4 Å². The molecule has 1 N–H and O–H groups in total. The summed E-state index contributed by atoms with van der Waals surface area (Å²) in [4.78, 5) is 29.4. The minimum Gasteiger partial charge on any atom is -0.507 e. The number of benzene rings is 2. The van der Waals surface area contributed by atoms with E-state index in [2.05, 4.69) is 0 Å². The summed E-state index contributed by atoms with van der Waals surface area (Å²) in [6.45, 7) is 1.70. The van der Waals surface area contributed by atoms with Gasteiger partial charge in [0.2, 0.25) is 0 Å². The third-order valence-electron chi connectivity index (χ3n) is 5.63. The van der Waals surface area contributed by atoms with E-state index in [0.29, 0.717) is 25.3 Å². The van der Waals surface area contributed by atoms with Gasteiger partial charge in [-0.15, -0.1) is 0 Å². The van der Waals surface area contributed by atoms with Crippen LogP contribution in [0, 0.1) is 0 Å². The molecule has 0 bridgehead atoms. The second kappa shape index (κ2) is 8.32. The van der Waals surface area contributed by atoms with E-state index in [1.54, 1.807) is 11.0 Å². The molecule has 0 saturated carbocycles. The SMILES string of the molecule is CN(C)CCN1C(=O)C(=O)/C(=C(\O)c2ccc3c(c2)CCCO3)C1c1ccccc1. The lowest BCUT2D eigenvalue weighted by Crippen LogP contribution is -2.35. The minimum atomic E-state index is -0.644. The maximum absolute atomic E-state index is 13.0. The standard InChI is InChI=1S/C24H26N2O4/c1-25(2)12-13-26-21(16-7-4-3-5-8-16)20(23(28)24(26)29)22(27)18-10-11-19-17(15-18)9-6-14-30-19/h3-5,7-8,10-11,15,21,27H,6,9,12-14H2,1-2H3/b22-20-. The Balaban J connectivity index is 1.81. The third kappa shape index (κ3) is 3.71. The maximum atomic E-state index is 13.0. The van der Waals surface area contributed by atoms with E-state index in [1.807, 2.05) is 61.5 Å². The van der Waals surface area contributed by atoms with Crippen molar-refractivity contribution in [2.24, 2.45) is 0 Å². The van der Waals surface area contributed by atoms with Crippen molar-refractivity contribution in [3.05, 3.63) is 70.8 Å². The number of ether oxygens (including phenoxy) is 1. The fourth-order valence-electron chi connectivity index (χ4n) is 4.06. The van der Waals surface area contributed by atoms with E-state index >= 15 is 0 Å². The van der Waals surface area contributed by atoms with Gasteiger partial charge >= 0.3 is 0 Å². The first kappa shape index (κ1) is 20.2. The summed E-state index contributed by atoms with van der Waals surface area (Å²) in [5.74, 6) is -0.547. The molecule has 2 aromatic rings. The molecule has 0 aromatic heterocycles. The summed E-state index contributed by atoms with van der Waals surface area (Å²) in [6, 6.07) is 14.2. The zero-order chi connectivity index (χ0) is 21.3. The molecule has 0 radical (unpaired) electrons. The molecule has 30 heavy (non-hydrogen) atoms. The zero-order valence-electron chi connectivity index (χ0n) is 17.3. The highest BCUT2D eigenvalue weighted by atomic mass is 16.5. The number of likely N-dealkylation sites (tertiary alicyclic amines) is 1. The lowest BCUT2D eigenvalue weighted by atomic mass is 9.94. The second-order valence-corrected chi connectivity index (χ2v) is 7.98. The average molecular weight is 406 g/mol. The van der Waals surface area contributed by atoms with Gasteiger partial charge in [-0.1, -0.05) is 30.3 Å². The predicted molar refractivity (Wildman–Crippen MR) is 114 cm³/mol. The van der Waals surface area contributed by atoms with Gasteiger partial charge in [0, 0.05) is 18.7 Å². The van der Waals surface area contributed by atoms with Gasteiger partial charge in [-0.3, -0.25) is 9.59 Å². The molecule has 1 amide bonds. The minimum absolute atomic E-state index is 0.136. The number of aliphatic hydroxyl groups excluding tert-OH is 1. The van der Waals surface area contributed by atoms with Gasteiger partial charge in [0.25, 0.3) is 11.7 Å². The van der Waals surface area contributed by atoms with E-state index < -0.39 is 17.7 Å². The summed E-state index contributed by atoms with van der Waals surface area (Å²) < 4.78 is 5.65. The highest BCUT2D eigenvalue weighted by molar-refractivity contribution is 6.46. The number of Topliss-reactive ketones (excluding diaryl/α,β-unsaturated/α-hetero) is 1. The van der Waals surface area contributed by atoms with Crippen LogP contribution in [0.25, 0.3) is 5.76 Å². The van der Waals surface area contributed by atoms with Crippen LogP contribution >= 0.6 is 0 Å². The van der Waals surface area contributed by atoms with Gasteiger partial charge < -0.3 is 19.6 Å². The van der Waals surface area contributed by atoms with E-state index in [4.69, 9.17) is 4.74 Å². The molecule has 0 spiro atoms. The Bertz CT molecular complexity index is 998. The summed E-state index contributed by atoms with van der Waals surface area (Å²) in [5.41, 5.74) is 2.48. The molecule has 6 heteroatoms. The molecule has 2 aromatic carbocycles. The Morgan fingerprint density at radius 1 is 1.17 bits per heavy atom. The predicted octanol–water partition coefficient (Wildman–Crippen LogP) is 2.99. The van der Waals surface area contributed by atoms with Gasteiger partial charge in [0.15, 0.2) is 0 Å². The van der Waals surface area contributed by atoms with Crippen molar-refractivity contribution in [3.63, 3.8) is 0 Å². The Morgan fingerprint density at radius 3 is 2.67 bits per heavy atom. The quantitative estimate of drug-likeness (QED) is 0.470. The number of rotatable bonds is 5. The van der Waals surface area contributed by atoms with Gasteiger partial charge in [-0.2, -0.15) is 0 Å². The highest BCUT2D eigenvalue weighted by Gasteiger charge is 2.45. The van der Waals surface area contributed by atoms with Gasteiger partial charge in [-0.05, 0) is 56.3 Å². The van der Waals surface area contributed by atoms with Crippen LogP contribution in [0.4, 0.5) is 0 Å². The molecular formula is C24H26N2O4. The van der Waals surface area contributed by atoms with Crippen molar-refractivity contribution in [1.82, 2.24) is 9.80 Å². The van der Waals surface area contributed by atoms with Crippen LogP contribution in [0.3, 0.4) is 0 Å². The van der Waals surface area contributed by atoms with Crippen molar-refractivity contribution >= 4 is 17.4 Å². The molecule has 0 aliphatic carbocycles. The fourth-order valence-corrected chi connectivity index (χ4v) is 4.06. The molecule has 4 rings (SSSR count). The number of aryl methyl sites for hydroxylation is 1. The number of amides is 1. The Kier molecular flexibility index (Phi) is 5.59. The van der Waals surface area contributed by atoms with Crippen LogP contribution in [0.2, 0.25) is 0 Å². The Morgan fingerprint density at radius 2 is 1.93 bits per heavy atom. The van der Waals surface area contributed by atoms with Crippen molar-refractivity contribution in [1.29, 1.82) is 0 Å². The van der Waals surface area contributed by atoms with Crippen molar-refractivity contribution in [3.8, 4) is 5.75 Å². The molecule has 156 valence electrons. The topological polar surface area (TPSA) is 70.1 Å². The smallest absolute Gasteiger partial charge is 0.295 e. The zero-order valence-corrected chi connectivity index (χ0v) is 17.3. The maximum Gasteiger partial charge on any atom is 0.295 e. The molecule has 2 aliphatic rings. The number of carbonyl (C=O) groups excluding carboxylic acids is 2. The van der Waals surface area contributed by atoms with Crippen LogP contribution in [0.1, 0.15) is 29.2 Å². The number of aliphatic hydroxyl groups is 1. The molecule has 1 saturated heterocycles. The average Bonchev–Trinajstić information content (AvgIpc) is 3.02. The van der Waals surface area contributed by atoms with E-state index in [1.165, 1.54) is 0 Å². The largest absolute Gasteiger partial charge is 0.507 e. The summed E-state index contributed by atoms with van der Waals surface area (Å²) in [6.07, 6.45) is 1.77. The third-order valence-corrected chi connectivity index (χ3v) is 5.63. The summed E-state index contributed by atoms with van der Waals surface area (Å²) in [5, 5.41) is 11.2. The molecule has 2 heterocycles. The lowest BCUT2D eigenvalue weighted by molar-refractivity contribution is -0.140. The molecule has 2 aliphatic heterocycles. The first-order valence-corrected chi connectivity index (χ1v) is 10.2. The number of fused-ring (bicyclic) bond motifs is 1. The number of ketones is 1. The lowest BCUT2D eigenvalue weighted by Gasteiger charge is -2.26. The van der Waals surface area contributed by atoms with Crippen molar-refractivity contribution in [2.75, 3.05) is 33.8 Å². The molecule has 1 fully saturated rings.